The Bertz CT molecular complexity index is 791. The van der Waals surface area contributed by atoms with Crippen LogP contribution < -0.4 is 5.32 Å². The van der Waals surface area contributed by atoms with Gasteiger partial charge in [-0.1, -0.05) is 11.6 Å². The summed E-state index contributed by atoms with van der Waals surface area (Å²) in [6, 6.07) is 9.53. The van der Waals surface area contributed by atoms with E-state index in [0.717, 1.165) is 22.0 Å². The zero-order chi connectivity index (χ0) is 14.1. The standard InChI is InChI=1S/C15H14N4O/c1-9-3-4-12-11(7-9)14(19-18-12)15(20)17-13-8-10(2)5-6-16-13/h3-8H,1-2H3,(H,18,19)(H,16,17,20). The number of H-pyrrole nitrogens is 1. The van der Waals surface area contributed by atoms with Gasteiger partial charge in [0.05, 0.1) is 5.52 Å². The van der Waals surface area contributed by atoms with Gasteiger partial charge < -0.3 is 5.32 Å². The molecular formula is C15H14N4O. The van der Waals surface area contributed by atoms with Crippen molar-refractivity contribution >= 4 is 22.6 Å². The van der Waals surface area contributed by atoms with Crippen molar-refractivity contribution in [2.45, 2.75) is 13.8 Å². The molecule has 5 nitrogen and oxygen atoms in total. The molecule has 0 fully saturated rings. The van der Waals surface area contributed by atoms with Crippen molar-refractivity contribution in [3.05, 3.63) is 53.3 Å². The molecule has 0 spiro atoms. The molecule has 2 N–H and O–H groups in total. The lowest BCUT2D eigenvalue weighted by Gasteiger charge is -2.03. The van der Waals surface area contributed by atoms with Crippen molar-refractivity contribution in [2.24, 2.45) is 0 Å². The number of anilines is 1. The number of carbonyl (C=O) groups is 1. The lowest BCUT2D eigenvalue weighted by atomic mass is 10.1. The third kappa shape index (κ3) is 2.25. The number of fused-ring (bicyclic) bond motifs is 1. The van der Waals surface area contributed by atoms with Gasteiger partial charge in [-0.15, -0.1) is 0 Å². The largest absolute Gasteiger partial charge is 0.305 e. The van der Waals surface area contributed by atoms with Crippen molar-refractivity contribution in [1.82, 2.24) is 15.2 Å². The second-order valence-electron chi connectivity index (χ2n) is 4.79. The summed E-state index contributed by atoms with van der Waals surface area (Å²) in [4.78, 5) is 16.4. The van der Waals surface area contributed by atoms with E-state index in [1.807, 2.05) is 44.2 Å². The summed E-state index contributed by atoms with van der Waals surface area (Å²) in [6.07, 6.45) is 1.66. The fourth-order valence-corrected chi connectivity index (χ4v) is 2.08. The maximum atomic E-state index is 12.3. The summed E-state index contributed by atoms with van der Waals surface area (Å²) in [7, 11) is 0. The maximum absolute atomic E-state index is 12.3. The highest BCUT2D eigenvalue weighted by atomic mass is 16.2. The van der Waals surface area contributed by atoms with E-state index in [0.29, 0.717) is 11.5 Å². The molecule has 0 atom stereocenters. The van der Waals surface area contributed by atoms with Gasteiger partial charge in [-0.2, -0.15) is 5.10 Å². The van der Waals surface area contributed by atoms with E-state index >= 15 is 0 Å². The van der Waals surface area contributed by atoms with Gasteiger partial charge in [-0.25, -0.2) is 4.98 Å². The van der Waals surface area contributed by atoms with Crippen molar-refractivity contribution < 1.29 is 4.79 Å². The number of aromatic nitrogens is 3. The highest BCUT2D eigenvalue weighted by Crippen LogP contribution is 2.18. The Balaban J connectivity index is 1.94. The third-order valence-corrected chi connectivity index (χ3v) is 3.09. The van der Waals surface area contributed by atoms with Gasteiger partial charge >= 0.3 is 0 Å². The van der Waals surface area contributed by atoms with Crippen LogP contribution in [0, 0.1) is 13.8 Å². The Kier molecular flexibility index (Phi) is 2.95. The SMILES string of the molecule is Cc1ccnc(NC(=O)c2n[nH]c3ccc(C)cc23)c1. The quantitative estimate of drug-likeness (QED) is 0.749. The molecule has 0 saturated heterocycles. The van der Waals surface area contributed by atoms with Crippen LogP contribution >= 0.6 is 0 Å². The Morgan fingerprint density at radius 3 is 2.75 bits per heavy atom. The number of nitrogens with zero attached hydrogens (tertiary/aromatic N) is 2. The van der Waals surface area contributed by atoms with E-state index in [1.54, 1.807) is 6.20 Å². The van der Waals surface area contributed by atoms with Crippen molar-refractivity contribution in [3.63, 3.8) is 0 Å². The van der Waals surface area contributed by atoms with E-state index in [2.05, 4.69) is 20.5 Å². The molecule has 3 rings (SSSR count). The number of hydrogen-bond acceptors (Lipinski definition) is 3. The third-order valence-electron chi connectivity index (χ3n) is 3.09. The molecule has 0 saturated carbocycles. The number of aromatic amines is 1. The minimum absolute atomic E-state index is 0.264. The van der Waals surface area contributed by atoms with Crippen molar-refractivity contribution in [3.8, 4) is 0 Å². The molecule has 5 heteroatoms. The molecule has 0 aliphatic carbocycles. The summed E-state index contributed by atoms with van der Waals surface area (Å²) in [5, 5.41) is 10.5. The molecule has 2 aromatic heterocycles. The van der Waals surface area contributed by atoms with Crippen LogP contribution in [0.15, 0.2) is 36.5 Å². The Morgan fingerprint density at radius 2 is 1.95 bits per heavy atom. The smallest absolute Gasteiger partial charge is 0.277 e. The van der Waals surface area contributed by atoms with Gasteiger partial charge in [-0.05, 0) is 43.7 Å². The molecule has 20 heavy (non-hydrogen) atoms. The lowest BCUT2D eigenvalue weighted by Crippen LogP contribution is -2.13. The number of rotatable bonds is 2. The molecular weight excluding hydrogens is 252 g/mol. The summed E-state index contributed by atoms with van der Waals surface area (Å²) >= 11 is 0. The van der Waals surface area contributed by atoms with E-state index in [4.69, 9.17) is 0 Å². The highest BCUT2D eigenvalue weighted by Gasteiger charge is 2.14. The minimum atomic E-state index is -0.264. The fourth-order valence-electron chi connectivity index (χ4n) is 2.08. The Labute approximate surface area is 116 Å². The predicted octanol–water partition coefficient (Wildman–Crippen LogP) is 2.83. The zero-order valence-corrected chi connectivity index (χ0v) is 11.3. The Morgan fingerprint density at radius 1 is 1.15 bits per heavy atom. The summed E-state index contributed by atoms with van der Waals surface area (Å²) < 4.78 is 0. The highest BCUT2D eigenvalue weighted by molar-refractivity contribution is 6.10. The van der Waals surface area contributed by atoms with Crippen LogP contribution in [0.5, 0.6) is 0 Å². The molecule has 1 aromatic carbocycles. The maximum Gasteiger partial charge on any atom is 0.277 e. The van der Waals surface area contributed by atoms with Crippen molar-refractivity contribution in [2.75, 3.05) is 5.32 Å². The number of carbonyl (C=O) groups excluding carboxylic acids is 1. The topological polar surface area (TPSA) is 70.7 Å². The van der Waals surface area contributed by atoms with Crippen molar-refractivity contribution in [1.29, 1.82) is 0 Å². The van der Waals surface area contributed by atoms with Crippen LogP contribution in [0.3, 0.4) is 0 Å². The Hall–Kier alpha value is -2.69. The molecule has 3 aromatic rings. The number of amides is 1. The number of nitrogens with one attached hydrogen (secondary N) is 2. The van der Waals surface area contributed by atoms with E-state index in [-0.39, 0.29) is 5.91 Å². The first kappa shape index (κ1) is 12.3. The first-order valence-corrected chi connectivity index (χ1v) is 6.32. The summed E-state index contributed by atoms with van der Waals surface area (Å²) in [5.74, 6) is 0.263. The van der Waals surface area contributed by atoms with Gasteiger partial charge in [0.15, 0.2) is 5.69 Å². The minimum Gasteiger partial charge on any atom is -0.305 e. The van der Waals surface area contributed by atoms with Gasteiger partial charge in [-0.3, -0.25) is 9.89 Å². The first-order valence-electron chi connectivity index (χ1n) is 6.32. The number of benzene rings is 1. The molecule has 2 heterocycles. The monoisotopic (exact) mass is 266 g/mol. The van der Waals surface area contributed by atoms with E-state index in [9.17, 15) is 4.79 Å². The molecule has 0 aliphatic rings. The van der Waals surface area contributed by atoms with Crippen LogP contribution in [-0.4, -0.2) is 21.1 Å². The average molecular weight is 266 g/mol. The second-order valence-corrected chi connectivity index (χ2v) is 4.79. The van der Waals surface area contributed by atoms with Crippen LogP contribution in [-0.2, 0) is 0 Å². The molecule has 1 amide bonds. The average Bonchev–Trinajstić information content (AvgIpc) is 2.81. The molecule has 0 bridgehead atoms. The van der Waals surface area contributed by atoms with Crippen LogP contribution in [0.25, 0.3) is 10.9 Å². The normalized spacial score (nSPS) is 10.7. The van der Waals surface area contributed by atoms with Crippen LogP contribution in [0.2, 0.25) is 0 Å². The molecule has 100 valence electrons. The predicted molar refractivity (Wildman–Crippen MR) is 77.8 cm³/mol. The van der Waals surface area contributed by atoms with Crippen LogP contribution in [0.1, 0.15) is 21.6 Å². The van der Waals surface area contributed by atoms with E-state index < -0.39 is 0 Å². The number of aryl methyl sites for hydroxylation is 2. The van der Waals surface area contributed by atoms with E-state index in [1.165, 1.54) is 0 Å². The zero-order valence-electron chi connectivity index (χ0n) is 11.3. The van der Waals surface area contributed by atoms with Gasteiger partial charge in [0, 0.05) is 11.6 Å². The lowest BCUT2D eigenvalue weighted by molar-refractivity contribution is 0.102. The van der Waals surface area contributed by atoms with Gasteiger partial charge in [0.25, 0.3) is 5.91 Å². The molecule has 0 aliphatic heterocycles. The number of hydrogen-bond donors (Lipinski definition) is 2. The molecule has 0 radical (unpaired) electrons. The molecule has 0 unspecified atom stereocenters. The fraction of sp³-hybridized carbons (Fsp3) is 0.133. The van der Waals surface area contributed by atoms with Crippen LogP contribution in [0.4, 0.5) is 5.82 Å². The van der Waals surface area contributed by atoms with Gasteiger partial charge in [0.1, 0.15) is 5.82 Å². The van der Waals surface area contributed by atoms with Gasteiger partial charge in [0.2, 0.25) is 0 Å². The first-order chi connectivity index (χ1) is 9.63. The summed E-state index contributed by atoms with van der Waals surface area (Å²) in [5.41, 5.74) is 3.35. The number of pyridine rings is 1. The second kappa shape index (κ2) is 4.77. The summed E-state index contributed by atoms with van der Waals surface area (Å²) in [6.45, 7) is 3.93.